The molecule has 0 spiro atoms. The minimum Gasteiger partial charge on any atom is -0.462 e. The van der Waals surface area contributed by atoms with Crippen molar-refractivity contribution in [2.45, 2.75) is 6.92 Å². The van der Waals surface area contributed by atoms with Crippen LogP contribution in [0.3, 0.4) is 0 Å². The fourth-order valence-electron chi connectivity index (χ4n) is 1.93. The van der Waals surface area contributed by atoms with Crippen molar-refractivity contribution in [3.63, 3.8) is 0 Å². The number of aromatic nitrogens is 1. The molecule has 0 aliphatic heterocycles. The topological polar surface area (TPSA) is 99.4 Å². The molecule has 1 aromatic carbocycles. The van der Waals surface area contributed by atoms with Gasteiger partial charge in [0.25, 0.3) is 5.69 Å². The van der Waals surface area contributed by atoms with E-state index in [0.29, 0.717) is 5.69 Å². The SMILES string of the molecule is CCOC(=O)/C(=C\c1ccccn1)C(=O)c1ccc([N+](=O)[O-])cc1. The minimum absolute atomic E-state index is 0.117. The quantitative estimate of drug-likeness (QED) is 0.154. The lowest BCUT2D eigenvalue weighted by Crippen LogP contribution is -2.16. The Morgan fingerprint density at radius 1 is 1.21 bits per heavy atom. The first-order valence-corrected chi connectivity index (χ1v) is 7.12. The van der Waals surface area contributed by atoms with Crippen LogP contribution in [0.5, 0.6) is 0 Å². The Kier molecular flexibility index (Phi) is 5.51. The van der Waals surface area contributed by atoms with E-state index in [2.05, 4.69) is 4.98 Å². The molecule has 0 unspecified atom stereocenters. The van der Waals surface area contributed by atoms with E-state index in [1.54, 1.807) is 25.1 Å². The maximum Gasteiger partial charge on any atom is 0.342 e. The molecule has 1 aromatic heterocycles. The Morgan fingerprint density at radius 2 is 1.92 bits per heavy atom. The number of nitro groups is 1. The maximum atomic E-state index is 12.6. The predicted molar refractivity (Wildman–Crippen MR) is 86.3 cm³/mol. The Morgan fingerprint density at radius 3 is 2.46 bits per heavy atom. The number of hydrogen-bond acceptors (Lipinski definition) is 6. The number of esters is 1. The lowest BCUT2D eigenvalue weighted by Gasteiger charge is -2.06. The standard InChI is InChI=1S/C17H14N2O5/c1-2-24-17(21)15(11-13-5-3-4-10-18-13)16(20)12-6-8-14(9-7-12)19(22)23/h3-11H,2H2,1H3/b15-11-. The van der Waals surface area contributed by atoms with E-state index in [9.17, 15) is 19.7 Å². The largest absolute Gasteiger partial charge is 0.462 e. The maximum absolute atomic E-state index is 12.6. The summed E-state index contributed by atoms with van der Waals surface area (Å²) in [6.45, 7) is 1.75. The second-order valence-electron chi connectivity index (χ2n) is 4.67. The molecule has 0 radical (unpaired) electrons. The van der Waals surface area contributed by atoms with Gasteiger partial charge in [0.2, 0.25) is 0 Å². The molecule has 24 heavy (non-hydrogen) atoms. The number of ether oxygens (including phenoxy) is 1. The van der Waals surface area contributed by atoms with Crippen molar-refractivity contribution in [3.05, 3.63) is 75.6 Å². The van der Waals surface area contributed by atoms with Crippen molar-refractivity contribution in [1.29, 1.82) is 0 Å². The van der Waals surface area contributed by atoms with E-state index < -0.39 is 16.7 Å². The number of nitrogens with zero attached hydrogens (tertiary/aromatic N) is 2. The predicted octanol–water partition coefficient (Wildman–Crippen LogP) is 2.82. The van der Waals surface area contributed by atoms with E-state index in [-0.39, 0.29) is 23.4 Å². The van der Waals surface area contributed by atoms with Crippen LogP contribution in [0.1, 0.15) is 23.0 Å². The Bertz CT molecular complexity index is 782. The highest BCUT2D eigenvalue weighted by molar-refractivity contribution is 6.26. The highest BCUT2D eigenvalue weighted by Gasteiger charge is 2.22. The van der Waals surface area contributed by atoms with Crippen LogP contribution in [0.15, 0.2) is 54.2 Å². The van der Waals surface area contributed by atoms with Gasteiger partial charge in [-0.1, -0.05) is 6.07 Å². The number of non-ortho nitro benzene ring substituents is 1. The van der Waals surface area contributed by atoms with Crippen molar-refractivity contribution in [1.82, 2.24) is 4.98 Å². The fourth-order valence-corrected chi connectivity index (χ4v) is 1.93. The zero-order valence-corrected chi connectivity index (χ0v) is 12.8. The highest BCUT2D eigenvalue weighted by Crippen LogP contribution is 2.17. The van der Waals surface area contributed by atoms with Crippen molar-refractivity contribution < 1.29 is 19.2 Å². The van der Waals surface area contributed by atoms with Crippen LogP contribution in [-0.2, 0) is 9.53 Å². The molecule has 0 aliphatic rings. The molecule has 0 aliphatic carbocycles. The average molecular weight is 326 g/mol. The number of carbonyl (C=O) groups excluding carboxylic acids is 2. The zero-order chi connectivity index (χ0) is 17.5. The summed E-state index contributed by atoms with van der Waals surface area (Å²) in [7, 11) is 0. The van der Waals surface area contributed by atoms with E-state index >= 15 is 0 Å². The van der Waals surface area contributed by atoms with Crippen LogP contribution in [0.2, 0.25) is 0 Å². The number of Topliss-reactive ketones (excluding diaryl/α,β-unsaturated/α-hetero) is 1. The number of ketones is 1. The number of rotatable bonds is 6. The molecule has 0 bridgehead atoms. The minimum atomic E-state index is -0.772. The summed E-state index contributed by atoms with van der Waals surface area (Å²) in [6, 6.07) is 10.1. The van der Waals surface area contributed by atoms with Crippen molar-refractivity contribution in [2.24, 2.45) is 0 Å². The van der Waals surface area contributed by atoms with Gasteiger partial charge in [0.1, 0.15) is 5.57 Å². The summed E-state index contributed by atoms with van der Waals surface area (Å²) in [5, 5.41) is 10.7. The molecule has 0 amide bonds. The first-order valence-electron chi connectivity index (χ1n) is 7.12. The third kappa shape index (κ3) is 4.10. The average Bonchev–Trinajstić information content (AvgIpc) is 2.60. The van der Waals surface area contributed by atoms with E-state index in [0.717, 1.165) is 0 Å². The van der Waals surface area contributed by atoms with Crippen LogP contribution in [0, 0.1) is 10.1 Å². The van der Waals surface area contributed by atoms with Crippen LogP contribution in [0.4, 0.5) is 5.69 Å². The molecule has 7 nitrogen and oxygen atoms in total. The molecular weight excluding hydrogens is 312 g/mol. The summed E-state index contributed by atoms with van der Waals surface area (Å²) in [5.74, 6) is -1.36. The summed E-state index contributed by atoms with van der Waals surface area (Å²) in [4.78, 5) is 38.8. The lowest BCUT2D eigenvalue weighted by molar-refractivity contribution is -0.384. The van der Waals surface area contributed by atoms with Crippen LogP contribution < -0.4 is 0 Å². The molecule has 1 heterocycles. The first kappa shape index (κ1) is 17.0. The smallest absolute Gasteiger partial charge is 0.342 e. The highest BCUT2D eigenvalue weighted by atomic mass is 16.6. The number of pyridine rings is 1. The molecule has 2 rings (SSSR count). The Balaban J connectivity index is 2.39. The molecule has 0 atom stereocenters. The number of benzene rings is 1. The zero-order valence-electron chi connectivity index (χ0n) is 12.8. The van der Waals surface area contributed by atoms with Crippen molar-refractivity contribution in [2.75, 3.05) is 6.61 Å². The Hall–Kier alpha value is -3.35. The number of hydrogen-bond donors (Lipinski definition) is 0. The Labute approximate surface area is 137 Å². The van der Waals surface area contributed by atoms with Crippen LogP contribution in [-0.4, -0.2) is 28.3 Å². The number of nitro benzene ring substituents is 1. The molecule has 122 valence electrons. The van der Waals surface area contributed by atoms with E-state index in [4.69, 9.17) is 4.74 Å². The van der Waals surface area contributed by atoms with Gasteiger partial charge in [-0.05, 0) is 37.3 Å². The van der Waals surface area contributed by atoms with Gasteiger partial charge in [-0.15, -0.1) is 0 Å². The van der Waals surface area contributed by atoms with Crippen molar-refractivity contribution in [3.8, 4) is 0 Å². The van der Waals surface area contributed by atoms with Gasteiger partial charge < -0.3 is 4.74 Å². The molecule has 0 fully saturated rings. The third-order valence-corrected chi connectivity index (χ3v) is 3.06. The first-order chi connectivity index (χ1) is 11.5. The fraction of sp³-hybridized carbons (Fsp3) is 0.118. The number of carbonyl (C=O) groups is 2. The molecule has 0 saturated carbocycles. The monoisotopic (exact) mass is 326 g/mol. The van der Waals surface area contributed by atoms with Gasteiger partial charge in [0, 0.05) is 23.9 Å². The molecule has 2 aromatic rings. The summed E-state index contributed by atoms with van der Waals surface area (Å²) >= 11 is 0. The summed E-state index contributed by atoms with van der Waals surface area (Å²) in [6.07, 6.45) is 2.87. The van der Waals surface area contributed by atoms with E-state index in [1.807, 2.05) is 0 Å². The van der Waals surface area contributed by atoms with E-state index in [1.165, 1.54) is 36.5 Å². The second-order valence-corrected chi connectivity index (χ2v) is 4.67. The van der Waals surface area contributed by atoms with Gasteiger partial charge >= 0.3 is 5.97 Å². The summed E-state index contributed by atoms with van der Waals surface area (Å²) < 4.78 is 4.92. The van der Waals surface area contributed by atoms with Gasteiger partial charge in [0.05, 0.1) is 17.2 Å². The lowest BCUT2D eigenvalue weighted by atomic mass is 10.0. The van der Waals surface area contributed by atoms with Crippen LogP contribution in [0.25, 0.3) is 6.08 Å². The van der Waals surface area contributed by atoms with Gasteiger partial charge in [-0.2, -0.15) is 0 Å². The van der Waals surface area contributed by atoms with Gasteiger partial charge in [0.15, 0.2) is 5.78 Å². The second kappa shape index (κ2) is 7.77. The van der Waals surface area contributed by atoms with Gasteiger partial charge in [-0.3, -0.25) is 19.9 Å². The molecule has 7 heteroatoms. The third-order valence-electron chi connectivity index (χ3n) is 3.06. The van der Waals surface area contributed by atoms with Crippen LogP contribution >= 0.6 is 0 Å². The summed E-state index contributed by atoms with van der Waals surface area (Å²) in [5.41, 5.74) is 0.244. The molecular formula is C17H14N2O5. The normalized spacial score (nSPS) is 11.0. The van der Waals surface area contributed by atoms with Gasteiger partial charge in [-0.25, -0.2) is 4.79 Å². The molecule has 0 N–H and O–H groups in total. The molecule has 0 saturated heterocycles. The van der Waals surface area contributed by atoms with Crippen molar-refractivity contribution >= 4 is 23.5 Å².